The van der Waals surface area contributed by atoms with E-state index < -0.39 is 11.4 Å². The molecule has 1 saturated heterocycles. The number of pyridine rings is 1. The van der Waals surface area contributed by atoms with Crippen LogP contribution < -0.4 is 10.2 Å². The van der Waals surface area contributed by atoms with E-state index >= 15 is 0 Å². The molecule has 0 bridgehead atoms. The third-order valence-electron chi connectivity index (χ3n) is 5.65. The van der Waals surface area contributed by atoms with E-state index in [1.54, 1.807) is 29.9 Å². The first kappa shape index (κ1) is 25.8. The van der Waals surface area contributed by atoms with Crippen molar-refractivity contribution in [1.29, 1.82) is 0 Å². The Hall–Kier alpha value is -2.49. The Labute approximate surface area is 203 Å². The Morgan fingerprint density at radius 1 is 1.12 bits per heavy atom. The zero-order valence-corrected chi connectivity index (χ0v) is 20.2. The summed E-state index contributed by atoms with van der Waals surface area (Å²) in [4.78, 5) is 32.3. The fraction of sp³-hybridized carbons (Fsp3) is 0.381. The molecule has 0 radical (unpaired) electrons. The van der Waals surface area contributed by atoms with Crippen molar-refractivity contribution in [2.75, 3.05) is 23.3 Å². The largest absolute Gasteiger partial charge is 0.481 e. The average molecular weight is 497 g/mol. The van der Waals surface area contributed by atoms with Crippen LogP contribution in [-0.2, 0) is 4.79 Å². The van der Waals surface area contributed by atoms with Crippen molar-refractivity contribution < 1.29 is 9.90 Å². The standard InChI is InChI=1S/C21H24N6O2S.2ClH/c1-21(2,19(28)29)14-6-10-27(11-7-14)20-24-12-16(30-20)15-4-3-5-17(25-15)26-18-13-22-8-9-23-18;;/h3-5,8-9,12-14H,6-7,10-11H2,1-2H3,(H,28,29)(H,23,25,26);2*1H. The van der Waals surface area contributed by atoms with Crippen LogP contribution in [0.4, 0.5) is 16.8 Å². The predicted molar refractivity (Wildman–Crippen MR) is 132 cm³/mol. The van der Waals surface area contributed by atoms with Gasteiger partial charge in [-0.15, -0.1) is 24.8 Å². The number of carboxylic acids is 1. The molecule has 0 saturated carbocycles. The van der Waals surface area contributed by atoms with Gasteiger partial charge < -0.3 is 15.3 Å². The van der Waals surface area contributed by atoms with Gasteiger partial charge in [0.25, 0.3) is 0 Å². The van der Waals surface area contributed by atoms with Crippen molar-refractivity contribution >= 4 is 58.9 Å². The molecule has 4 rings (SSSR count). The molecule has 1 fully saturated rings. The second-order valence-corrected chi connectivity index (χ2v) is 8.93. The highest BCUT2D eigenvalue weighted by atomic mass is 35.5. The molecule has 0 aromatic carbocycles. The number of nitrogens with one attached hydrogen (secondary N) is 1. The smallest absolute Gasteiger partial charge is 0.309 e. The molecule has 1 aliphatic heterocycles. The second-order valence-electron chi connectivity index (χ2n) is 7.92. The van der Waals surface area contributed by atoms with E-state index in [-0.39, 0.29) is 30.7 Å². The lowest BCUT2D eigenvalue weighted by atomic mass is 9.74. The Morgan fingerprint density at radius 3 is 2.53 bits per heavy atom. The zero-order chi connectivity index (χ0) is 21.1. The molecule has 3 aromatic rings. The highest BCUT2D eigenvalue weighted by Gasteiger charge is 2.38. The summed E-state index contributed by atoms with van der Waals surface area (Å²) in [6, 6.07) is 5.79. The maximum atomic E-state index is 11.5. The minimum Gasteiger partial charge on any atom is -0.481 e. The fourth-order valence-electron chi connectivity index (χ4n) is 3.63. The van der Waals surface area contributed by atoms with E-state index in [1.165, 1.54) is 0 Å². The van der Waals surface area contributed by atoms with Gasteiger partial charge in [-0.1, -0.05) is 17.4 Å². The van der Waals surface area contributed by atoms with Crippen LogP contribution in [0.25, 0.3) is 10.6 Å². The molecule has 0 atom stereocenters. The summed E-state index contributed by atoms with van der Waals surface area (Å²) in [5, 5.41) is 13.6. The van der Waals surface area contributed by atoms with Crippen LogP contribution in [0.15, 0.2) is 43.0 Å². The molecule has 172 valence electrons. The molecule has 2 N–H and O–H groups in total. The molecule has 11 heteroatoms. The summed E-state index contributed by atoms with van der Waals surface area (Å²) in [5.74, 6) is 0.786. The van der Waals surface area contributed by atoms with Crippen molar-refractivity contribution in [2.45, 2.75) is 26.7 Å². The molecule has 0 spiro atoms. The zero-order valence-electron chi connectivity index (χ0n) is 17.8. The van der Waals surface area contributed by atoms with Crippen LogP contribution >= 0.6 is 36.2 Å². The van der Waals surface area contributed by atoms with Gasteiger partial charge in [0.05, 0.1) is 22.2 Å². The van der Waals surface area contributed by atoms with Crippen molar-refractivity contribution in [3.05, 3.63) is 43.0 Å². The Bertz CT molecular complexity index is 1030. The number of aromatic nitrogens is 4. The first-order valence-corrected chi connectivity index (χ1v) is 10.7. The summed E-state index contributed by atoms with van der Waals surface area (Å²) >= 11 is 1.60. The van der Waals surface area contributed by atoms with Crippen molar-refractivity contribution in [2.24, 2.45) is 11.3 Å². The van der Waals surface area contributed by atoms with Gasteiger partial charge in [0.2, 0.25) is 0 Å². The summed E-state index contributed by atoms with van der Waals surface area (Å²) in [6.07, 6.45) is 8.45. The SMILES string of the molecule is CC(C)(C(=O)O)C1CCN(c2ncc(-c3cccc(Nc4cnccn4)n3)s2)CC1.Cl.Cl. The molecule has 0 amide bonds. The van der Waals surface area contributed by atoms with Gasteiger partial charge in [-0.25, -0.2) is 15.0 Å². The number of hydrogen-bond donors (Lipinski definition) is 2. The van der Waals surface area contributed by atoms with Crippen LogP contribution in [0.2, 0.25) is 0 Å². The summed E-state index contributed by atoms with van der Waals surface area (Å²) in [6.45, 7) is 5.28. The molecule has 0 aliphatic carbocycles. The topological polar surface area (TPSA) is 104 Å². The third-order valence-corrected chi connectivity index (χ3v) is 6.73. The number of rotatable bonds is 6. The monoisotopic (exact) mass is 496 g/mol. The van der Waals surface area contributed by atoms with Crippen molar-refractivity contribution in [1.82, 2.24) is 19.9 Å². The van der Waals surface area contributed by atoms with Crippen LogP contribution in [-0.4, -0.2) is 44.1 Å². The van der Waals surface area contributed by atoms with Crippen LogP contribution in [0, 0.1) is 11.3 Å². The maximum absolute atomic E-state index is 11.5. The van der Waals surface area contributed by atoms with Gasteiger partial charge in [-0.2, -0.15) is 0 Å². The van der Waals surface area contributed by atoms with Gasteiger partial charge >= 0.3 is 5.97 Å². The molecular formula is C21H26Cl2N6O2S. The van der Waals surface area contributed by atoms with E-state index in [0.717, 1.165) is 41.6 Å². The highest BCUT2D eigenvalue weighted by Crippen LogP contribution is 2.38. The molecule has 3 aromatic heterocycles. The van der Waals surface area contributed by atoms with E-state index in [0.29, 0.717) is 11.6 Å². The normalized spacial score (nSPS) is 14.2. The minimum atomic E-state index is -0.724. The Balaban J connectivity index is 0.00000181. The van der Waals surface area contributed by atoms with Crippen molar-refractivity contribution in [3.63, 3.8) is 0 Å². The lowest BCUT2D eigenvalue weighted by Crippen LogP contribution is -2.42. The number of anilines is 3. The highest BCUT2D eigenvalue weighted by molar-refractivity contribution is 7.18. The van der Waals surface area contributed by atoms with Gasteiger partial charge in [-0.3, -0.25) is 9.78 Å². The minimum absolute atomic E-state index is 0. The van der Waals surface area contributed by atoms with Crippen LogP contribution in [0.3, 0.4) is 0 Å². The van der Waals surface area contributed by atoms with Gasteiger partial charge in [-0.05, 0) is 44.7 Å². The lowest BCUT2D eigenvalue weighted by molar-refractivity contribution is -0.150. The predicted octanol–water partition coefficient (Wildman–Crippen LogP) is 4.91. The van der Waals surface area contributed by atoms with E-state index in [1.807, 2.05) is 38.2 Å². The number of nitrogens with zero attached hydrogens (tertiary/aromatic N) is 5. The van der Waals surface area contributed by atoms with Gasteiger partial charge in [0.15, 0.2) is 5.13 Å². The van der Waals surface area contributed by atoms with Crippen molar-refractivity contribution in [3.8, 4) is 10.6 Å². The molecule has 4 heterocycles. The number of carbonyl (C=O) groups is 1. The number of thiazole rings is 1. The number of halogens is 2. The number of piperidine rings is 1. The van der Waals surface area contributed by atoms with Gasteiger partial charge in [0.1, 0.15) is 11.6 Å². The summed E-state index contributed by atoms with van der Waals surface area (Å²) < 4.78 is 0. The maximum Gasteiger partial charge on any atom is 0.309 e. The van der Waals surface area contributed by atoms with Crippen LogP contribution in [0.5, 0.6) is 0 Å². The first-order chi connectivity index (χ1) is 14.4. The molecular weight excluding hydrogens is 471 g/mol. The number of aliphatic carboxylic acids is 1. The molecule has 32 heavy (non-hydrogen) atoms. The summed E-state index contributed by atoms with van der Waals surface area (Å²) in [7, 11) is 0. The summed E-state index contributed by atoms with van der Waals surface area (Å²) in [5.41, 5.74) is 0.148. The number of hydrogen-bond acceptors (Lipinski definition) is 8. The lowest BCUT2D eigenvalue weighted by Gasteiger charge is -2.38. The second kappa shape index (κ2) is 10.9. The van der Waals surface area contributed by atoms with E-state index in [2.05, 4.69) is 30.2 Å². The van der Waals surface area contributed by atoms with Gasteiger partial charge in [0, 0.05) is 31.7 Å². The fourth-order valence-corrected chi connectivity index (χ4v) is 4.57. The number of carboxylic acid groups (broad SMARTS) is 1. The molecule has 0 unspecified atom stereocenters. The Morgan fingerprint density at radius 2 is 1.88 bits per heavy atom. The average Bonchev–Trinajstić information content (AvgIpc) is 3.25. The molecule has 8 nitrogen and oxygen atoms in total. The van der Waals surface area contributed by atoms with Crippen LogP contribution in [0.1, 0.15) is 26.7 Å². The molecule has 1 aliphatic rings. The Kier molecular flexibility index (Phi) is 8.77. The van der Waals surface area contributed by atoms with E-state index in [4.69, 9.17) is 0 Å². The van der Waals surface area contributed by atoms with E-state index in [9.17, 15) is 9.90 Å². The third kappa shape index (κ3) is 5.65. The quantitative estimate of drug-likeness (QED) is 0.495. The first-order valence-electron chi connectivity index (χ1n) is 9.88.